The smallest absolute Gasteiger partial charge is 0.240 e. The average molecular weight is 200 g/mol. The van der Waals surface area contributed by atoms with Crippen LogP contribution in [-0.4, -0.2) is 35.7 Å². The third-order valence-corrected chi connectivity index (χ3v) is 2.72. The quantitative estimate of drug-likeness (QED) is 0.599. The van der Waals surface area contributed by atoms with Crippen molar-refractivity contribution in [3.63, 3.8) is 0 Å². The second kappa shape index (κ2) is 4.75. The van der Waals surface area contributed by atoms with Gasteiger partial charge in [0.25, 0.3) is 0 Å². The summed E-state index contributed by atoms with van der Waals surface area (Å²) in [6.45, 7) is 5.12. The second-order valence-corrected chi connectivity index (χ2v) is 4.26. The molecule has 4 heteroatoms. The van der Waals surface area contributed by atoms with Gasteiger partial charge in [-0.15, -0.1) is 0 Å². The summed E-state index contributed by atoms with van der Waals surface area (Å²) in [5, 5.41) is 15.1. The highest BCUT2D eigenvalue weighted by atomic mass is 16.3. The summed E-state index contributed by atoms with van der Waals surface area (Å²) in [6, 6.07) is 0. The molecule has 2 unspecified atom stereocenters. The van der Waals surface area contributed by atoms with Crippen LogP contribution in [0.3, 0.4) is 0 Å². The molecule has 4 nitrogen and oxygen atoms in total. The third kappa shape index (κ3) is 2.96. The number of aliphatic hydroxyl groups is 1. The van der Waals surface area contributed by atoms with E-state index in [4.69, 9.17) is 5.11 Å². The molecule has 0 radical (unpaired) electrons. The highest BCUT2D eigenvalue weighted by molar-refractivity contribution is 5.86. The van der Waals surface area contributed by atoms with E-state index >= 15 is 0 Å². The number of hydrogen-bond donors (Lipinski definition) is 3. The van der Waals surface area contributed by atoms with Crippen molar-refractivity contribution < 1.29 is 9.90 Å². The van der Waals surface area contributed by atoms with Crippen molar-refractivity contribution in [2.45, 2.75) is 44.8 Å². The maximum absolute atomic E-state index is 11.7. The van der Waals surface area contributed by atoms with Gasteiger partial charge in [-0.25, -0.2) is 0 Å². The van der Waals surface area contributed by atoms with Crippen LogP contribution in [0, 0.1) is 0 Å². The number of aliphatic hydroxyl groups excluding tert-OH is 1. The van der Waals surface area contributed by atoms with Crippen molar-refractivity contribution in [1.82, 2.24) is 10.6 Å². The molecule has 1 aliphatic heterocycles. The number of carbonyl (C=O) groups excluding carboxylic acids is 1. The zero-order valence-electron chi connectivity index (χ0n) is 8.97. The van der Waals surface area contributed by atoms with Crippen LogP contribution in [0.4, 0.5) is 0 Å². The van der Waals surface area contributed by atoms with E-state index in [1.165, 1.54) is 0 Å². The molecule has 0 bridgehead atoms. The van der Waals surface area contributed by atoms with Gasteiger partial charge in [-0.2, -0.15) is 0 Å². The minimum absolute atomic E-state index is 0.0515. The molecule has 3 N–H and O–H groups in total. The summed E-state index contributed by atoms with van der Waals surface area (Å²) in [7, 11) is 0. The molecule has 0 aliphatic carbocycles. The first-order valence-electron chi connectivity index (χ1n) is 5.26. The van der Waals surface area contributed by atoms with Crippen LogP contribution < -0.4 is 10.6 Å². The first-order chi connectivity index (χ1) is 6.54. The lowest BCUT2D eigenvalue weighted by atomic mass is 9.99. The lowest BCUT2D eigenvalue weighted by molar-refractivity contribution is -0.126. The monoisotopic (exact) mass is 200 g/mol. The fourth-order valence-electron chi connectivity index (χ4n) is 1.68. The topological polar surface area (TPSA) is 61.4 Å². The Kier molecular flexibility index (Phi) is 3.89. The van der Waals surface area contributed by atoms with Gasteiger partial charge in [0.2, 0.25) is 5.91 Å². The van der Waals surface area contributed by atoms with Gasteiger partial charge in [0, 0.05) is 6.54 Å². The Morgan fingerprint density at radius 3 is 2.93 bits per heavy atom. The van der Waals surface area contributed by atoms with E-state index in [-0.39, 0.29) is 12.0 Å². The highest BCUT2D eigenvalue weighted by Crippen LogP contribution is 2.18. The Bertz CT molecular complexity index is 198. The molecule has 1 heterocycles. The summed E-state index contributed by atoms with van der Waals surface area (Å²) in [4.78, 5) is 11.7. The Balaban J connectivity index is 2.27. The molecular formula is C10H20N2O2. The molecular weight excluding hydrogens is 180 g/mol. The molecule has 1 saturated heterocycles. The van der Waals surface area contributed by atoms with Crippen LogP contribution in [-0.2, 0) is 4.79 Å². The Morgan fingerprint density at radius 2 is 2.43 bits per heavy atom. The minimum atomic E-state index is -0.390. The highest BCUT2D eigenvalue weighted by Gasteiger charge is 2.35. The van der Waals surface area contributed by atoms with Gasteiger partial charge in [-0.3, -0.25) is 4.79 Å². The van der Waals surface area contributed by atoms with Gasteiger partial charge in [0.15, 0.2) is 0 Å². The zero-order valence-corrected chi connectivity index (χ0v) is 8.97. The Labute approximate surface area is 85.1 Å². The molecule has 1 rings (SSSR count). The van der Waals surface area contributed by atoms with Gasteiger partial charge in [-0.1, -0.05) is 0 Å². The lowest BCUT2D eigenvalue weighted by Gasteiger charge is -2.23. The van der Waals surface area contributed by atoms with Crippen molar-refractivity contribution in [2.75, 3.05) is 13.1 Å². The first kappa shape index (κ1) is 11.5. The Hall–Kier alpha value is -0.610. The number of carbonyl (C=O) groups is 1. The molecule has 2 atom stereocenters. The van der Waals surface area contributed by atoms with Gasteiger partial charge in [0.1, 0.15) is 0 Å². The van der Waals surface area contributed by atoms with E-state index in [0.29, 0.717) is 13.0 Å². The molecule has 82 valence electrons. The van der Waals surface area contributed by atoms with Crippen LogP contribution in [0.25, 0.3) is 0 Å². The fraction of sp³-hybridized carbons (Fsp3) is 0.900. The van der Waals surface area contributed by atoms with Crippen molar-refractivity contribution in [2.24, 2.45) is 0 Å². The van der Waals surface area contributed by atoms with E-state index in [0.717, 1.165) is 19.4 Å². The molecule has 1 fully saturated rings. The maximum Gasteiger partial charge on any atom is 0.240 e. The van der Waals surface area contributed by atoms with Crippen molar-refractivity contribution in [1.29, 1.82) is 0 Å². The van der Waals surface area contributed by atoms with Crippen LogP contribution in [0.2, 0.25) is 0 Å². The molecule has 0 aromatic rings. The van der Waals surface area contributed by atoms with E-state index in [1.807, 2.05) is 6.92 Å². The fourth-order valence-corrected chi connectivity index (χ4v) is 1.68. The maximum atomic E-state index is 11.7. The van der Waals surface area contributed by atoms with Gasteiger partial charge >= 0.3 is 0 Å². The molecule has 0 aromatic heterocycles. The summed E-state index contributed by atoms with van der Waals surface area (Å²) in [6.07, 6.45) is 2.22. The van der Waals surface area contributed by atoms with Crippen molar-refractivity contribution >= 4 is 5.91 Å². The molecule has 0 aromatic carbocycles. The molecule has 14 heavy (non-hydrogen) atoms. The van der Waals surface area contributed by atoms with Crippen LogP contribution in [0.1, 0.15) is 33.1 Å². The van der Waals surface area contributed by atoms with Crippen LogP contribution in [0.5, 0.6) is 0 Å². The number of rotatable bonds is 4. The zero-order chi connectivity index (χ0) is 10.6. The summed E-state index contributed by atoms with van der Waals surface area (Å²) in [5.41, 5.74) is -0.390. The second-order valence-electron chi connectivity index (χ2n) is 4.26. The van der Waals surface area contributed by atoms with Crippen LogP contribution in [0.15, 0.2) is 0 Å². The standard InChI is InChI=1S/C10H20N2O2/c1-8(13)4-7-11-9(14)10(2)5-3-6-12-10/h8,12-13H,3-7H2,1-2H3,(H,11,14). The van der Waals surface area contributed by atoms with Gasteiger partial charge in [-0.05, 0) is 39.7 Å². The number of nitrogens with one attached hydrogen (secondary N) is 2. The van der Waals surface area contributed by atoms with Crippen LogP contribution >= 0.6 is 0 Å². The largest absolute Gasteiger partial charge is 0.393 e. The molecule has 1 amide bonds. The molecule has 1 aliphatic rings. The SMILES string of the molecule is CC(O)CCNC(=O)C1(C)CCCN1. The minimum Gasteiger partial charge on any atom is -0.393 e. The average Bonchev–Trinajstić information content (AvgIpc) is 2.52. The first-order valence-corrected chi connectivity index (χ1v) is 5.26. The lowest BCUT2D eigenvalue weighted by Crippen LogP contribution is -2.51. The van der Waals surface area contributed by atoms with Gasteiger partial charge in [0.05, 0.1) is 11.6 Å². The van der Waals surface area contributed by atoms with E-state index in [9.17, 15) is 4.79 Å². The van der Waals surface area contributed by atoms with E-state index in [1.54, 1.807) is 6.92 Å². The summed E-state index contributed by atoms with van der Waals surface area (Å²) in [5.74, 6) is 0.0515. The van der Waals surface area contributed by atoms with E-state index < -0.39 is 5.54 Å². The van der Waals surface area contributed by atoms with Gasteiger partial charge < -0.3 is 15.7 Å². The predicted octanol–water partition coefficient (Wildman–Crippen LogP) is 0.0156. The third-order valence-electron chi connectivity index (χ3n) is 2.72. The number of hydrogen-bond acceptors (Lipinski definition) is 3. The summed E-state index contributed by atoms with van der Waals surface area (Å²) >= 11 is 0. The normalized spacial score (nSPS) is 28.8. The van der Waals surface area contributed by atoms with Crippen molar-refractivity contribution in [3.8, 4) is 0 Å². The Morgan fingerprint density at radius 1 is 1.71 bits per heavy atom. The van der Waals surface area contributed by atoms with Crippen molar-refractivity contribution in [3.05, 3.63) is 0 Å². The number of amides is 1. The summed E-state index contributed by atoms with van der Waals surface area (Å²) < 4.78 is 0. The van der Waals surface area contributed by atoms with E-state index in [2.05, 4.69) is 10.6 Å². The molecule has 0 saturated carbocycles. The predicted molar refractivity (Wildman–Crippen MR) is 54.9 cm³/mol. The molecule has 0 spiro atoms.